The van der Waals surface area contributed by atoms with Crippen molar-refractivity contribution in [2.45, 2.75) is 25.7 Å². The Labute approximate surface area is 154 Å². The maximum Gasteiger partial charge on any atom is 0.247 e. The van der Waals surface area contributed by atoms with E-state index in [-0.39, 0.29) is 0 Å². The molecule has 1 N–H and O–H groups in total. The van der Waals surface area contributed by atoms with Gasteiger partial charge in [0.25, 0.3) is 0 Å². The number of hydrogen-bond donors (Lipinski definition) is 1. The van der Waals surface area contributed by atoms with Gasteiger partial charge in [0.2, 0.25) is 11.8 Å². The summed E-state index contributed by atoms with van der Waals surface area (Å²) in [7, 11) is 0. The van der Waals surface area contributed by atoms with Gasteiger partial charge in [-0.2, -0.15) is 0 Å². The molecule has 1 fully saturated rings. The lowest BCUT2D eigenvalue weighted by Crippen LogP contribution is -2.29. The van der Waals surface area contributed by atoms with Crippen molar-refractivity contribution in [3.63, 3.8) is 0 Å². The summed E-state index contributed by atoms with van der Waals surface area (Å²) < 4.78 is 5.74. The molecular formula is C21H24N4O. The Bertz CT molecular complexity index is 808. The maximum atomic E-state index is 5.74. The van der Waals surface area contributed by atoms with Gasteiger partial charge < -0.3 is 14.6 Å². The smallest absolute Gasteiger partial charge is 0.247 e. The highest BCUT2D eigenvalue weighted by molar-refractivity contribution is 5.55. The van der Waals surface area contributed by atoms with Crippen LogP contribution in [-0.4, -0.2) is 29.8 Å². The van der Waals surface area contributed by atoms with Crippen LogP contribution in [0.5, 0.6) is 0 Å². The molecule has 1 saturated heterocycles. The third-order valence-corrected chi connectivity index (χ3v) is 4.74. The van der Waals surface area contributed by atoms with E-state index in [0.717, 1.165) is 17.8 Å². The van der Waals surface area contributed by atoms with Crippen molar-refractivity contribution in [2.75, 3.05) is 29.9 Å². The number of anilines is 2. The Morgan fingerprint density at radius 3 is 2.42 bits per heavy atom. The molecule has 0 amide bonds. The molecule has 2 aromatic carbocycles. The number of rotatable bonds is 6. The first-order valence-corrected chi connectivity index (χ1v) is 9.35. The van der Waals surface area contributed by atoms with Crippen molar-refractivity contribution in [2.24, 2.45) is 0 Å². The van der Waals surface area contributed by atoms with Gasteiger partial charge in [0.1, 0.15) is 0 Å². The molecule has 4 rings (SSSR count). The largest absolute Gasteiger partial charge is 0.421 e. The molecule has 0 radical (unpaired) electrons. The minimum Gasteiger partial charge on any atom is -0.421 e. The van der Waals surface area contributed by atoms with Crippen molar-refractivity contribution in [3.05, 3.63) is 60.5 Å². The van der Waals surface area contributed by atoms with Gasteiger partial charge in [-0.1, -0.05) is 18.2 Å². The quantitative estimate of drug-likeness (QED) is 0.716. The lowest BCUT2D eigenvalue weighted by Gasteiger charge is -2.28. The fourth-order valence-electron chi connectivity index (χ4n) is 3.31. The maximum absolute atomic E-state index is 5.74. The lowest BCUT2D eigenvalue weighted by molar-refractivity contribution is 0.509. The molecule has 1 aliphatic rings. The number of nitrogens with zero attached hydrogens (tertiary/aromatic N) is 3. The average molecular weight is 348 g/mol. The van der Waals surface area contributed by atoms with Crippen LogP contribution in [0.25, 0.3) is 11.5 Å². The topological polar surface area (TPSA) is 54.2 Å². The second-order valence-corrected chi connectivity index (χ2v) is 6.64. The zero-order valence-electron chi connectivity index (χ0n) is 14.9. The summed E-state index contributed by atoms with van der Waals surface area (Å²) in [6, 6.07) is 18.5. The second-order valence-electron chi connectivity index (χ2n) is 6.64. The van der Waals surface area contributed by atoms with Crippen LogP contribution >= 0.6 is 0 Å². The monoisotopic (exact) mass is 348 g/mol. The fourth-order valence-corrected chi connectivity index (χ4v) is 3.31. The average Bonchev–Trinajstić information content (AvgIpc) is 3.19. The van der Waals surface area contributed by atoms with Gasteiger partial charge in [-0.15, -0.1) is 10.2 Å². The number of benzene rings is 2. The highest BCUT2D eigenvalue weighted by Gasteiger charge is 2.11. The number of piperidine rings is 1. The number of nitrogens with one attached hydrogen (secondary N) is 1. The van der Waals surface area contributed by atoms with Crippen LogP contribution in [0.15, 0.2) is 59.0 Å². The van der Waals surface area contributed by atoms with Crippen LogP contribution in [0, 0.1) is 0 Å². The standard InChI is InChI=1S/C21H24N4O/c1-3-7-17(8-4-1)21-24-23-20(26-21)13-14-22-18-9-11-19(12-10-18)25-15-5-2-6-16-25/h1,3-4,7-12,22H,2,5-6,13-16H2. The summed E-state index contributed by atoms with van der Waals surface area (Å²) in [4.78, 5) is 2.47. The molecule has 0 atom stereocenters. The fraction of sp³-hybridized carbons (Fsp3) is 0.333. The molecule has 3 aromatic rings. The Morgan fingerprint density at radius 1 is 0.885 bits per heavy atom. The van der Waals surface area contributed by atoms with E-state index in [1.807, 2.05) is 30.3 Å². The van der Waals surface area contributed by atoms with Crippen LogP contribution in [-0.2, 0) is 6.42 Å². The Balaban J connectivity index is 1.29. The zero-order chi connectivity index (χ0) is 17.6. The lowest BCUT2D eigenvalue weighted by atomic mass is 10.1. The van der Waals surface area contributed by atoms with Crippen molar-refractivity contribution in [1.29, 1.82) is 0 Å². The van der Waals surface area contributed by atoms with E-state index in [9.17, 15) is 0 Å². The highest BCUT2D eigenvalue weighted by atomic mass is 16.4. The summed E-state index contributed by atoms with van der Waals surface area (Å²) in [5.74, 6) is 1.23. The van der Waals surface area contributed by atoms with Crippen LogP contribution < -0.4 is 10.2 Å². The molecule has 2 heterocycles. The summed E-state index contributed by atoms with van der Waals surface area (Å²) in [5.41, 5.74) is 3.39. The molecule has 134 valence electrons. The molecule has 0 aliphatic carbocycles. The van der Waals surface area contributed by atoms with Crippen LogP contribution in [0.2, 0.25) is 0 Å². The van der Waals surface area contributed by atoms with Crippen molar-refractivity contribution in [3.8, 4) is 11.5 Å². The van der Waals surface area contributed by atoms with Gasteiger partial charge in [-0.05, 0) is 55.7 Å². The first kappa shape index (κ1) is 16.6. The molecular weight excluding hydrogens is 324 g/mol. The highest BCUT2D eigenvalue weighted by Crippen LogP contribution is 2.22. The second kappa shape index (κ2) is 8.04. The van der Waals surface area contributed by atoms with E-state index in [1.165, 1.54) is 38.0 Å². The van der Waals surface area contributed by atoms with Crippen molar-refractivity contribution in [1.82, 2.24) is 10.2 Å². The molecule has 5 nitrogen and oxygen atoms in total. The molecule has 5 heteroatoms. The van der Waals surface area contributed by atoms with Gasteiger partial charge in [-0.25, -0.2) is 0 Å². The molecule has 0 unspecified atom stereocenters. The summed E-state index contributed by atoms with van der Waals surface area (Å²) >= 11 is 0. The van der Waals surface area contributed by atoms with E-state index in [0.29, 0.717) is 18.2 Å². The molecule has 26 heavy (non-hydrogen) atoms. The van der Waals surface area contributed by atoms with Gasteiger partial charge in [-0.3, -0.25) is 0 Å². The SMILES string of the molecule is c1ccc(-c2nnc(CCNc3ccc(N4CCCCC4)cc3)o2)cc1. The van der Waals surface area contributed by atoms with Gasteiger partial charge in [0.05, 0.1) is 0 Å². The first-order valence-electron chi connectivity index (χ1n) is 9.35. The number of hydrogen-bond acceptors (Lipinski definition) is 5. The third kappa shape index (κ3) is 4.04. The number of aromatic nitrogens is 2. The van der Waals surface area contributed by atoms with Crippen molar-refractivity contribution >= 4 is 11.4 Å². The predicted molar refractivity (Wildman–Crippen MR) is 104 cm³/mol. The summed E-state index contributed by atoms with van der Waals surface area (Å²) in [5, 5.41) is 11.7. The van der Waals surface area contributed by atoms with E-state index >= 15 is 0 Å². The Hall–Kier alpha value is -2.82. The summed E-state index contributed by atoms with van der Waals surface area (Å²) in [6.07, 6.45) is 4.66. The molecule has 0 saturated carbocycles. The molecule has 1 aliphatic heterocycles. The minimum absolute atomic E-state index is 0.575. The van der Waals surface area contributed by atoms with Crippen LogP contribution in [0.4, 0.5) is 11.4 Å². The normalized spacial score (nSPS) is 14.4. The molecule has 0 bridgehead atoms. The third-order valence-electron chi connectivity index (χ3n) is 4.74. The molecule has 0 spiro atoms. The van der Waals surface area contributed by atoms with Crippen LogP contribution in [0.1, 0.15) is 25.2 Å². The van der Waals surface area contributed by atoms with Crippen molar-refractivity contribution < 1.29 is 4.42 Å². The Kier molecular flexibility index (Phi) is 5.14. The van der Waals surface area contributed by atoms with E-state index in [4.69, 9.17) is 4.42 Å². The zero-order valence-corrected chi connectivity index (χ0v) is 14.9. The van der Waals surface area contributed by atoms with Crippen LogP contribution in [0.3, 0.4) is 0 Å². The first-order chi connectivity index (χ1) is 12.9. The van der Waals surface area contributed by atoms with E-state index in [2.05, 4.69) is 44.7 Å². The molecule has 1 aromatic heterocycles. The van der Waals surface area contributed by atoms with E-state index < -0.39 is 0 Å². The van der Waals surface area contributed by atoms with Gasteiger partial charge in [0, 0.05) is 43.0 Å². The van der Waals surface area contributed by atoms with Gasteiger partial charge >= 0.3 is 0 Å². The summed E-state index contributed by atoms with van der Waals surface area (Å²) in [6.45, 7) is 3.11. The van der Waals surface area contributed by atoms with E-state index in [1.54, 1.807) is 0 Å². The minimum atomic E-state index is 0.575. The van der Waals surface area contributed by atoms with Gasteiger partial charge in [0.15, 0.2) is 0 Å². The Morgan fingerprint density at radius 2 is 1.65 bits per heavy atom. The predicted octanol–water partition coefficient (Wildman–Crippen LogP) is 4.38.